The van der Waals surface area contributed by atoms with Gasteiger partial charge in [0.25, 0.3) is 0 Å². The number of nitrogens with one attached hydrogen (secondary N) is 1. The zero-order chi connectivity index (χ0) is 23.1. The van der Waals surface area contributed by atoms with E-state index in [0.29, 0.717) is 19.4 Å². The van der Waals surface area contributed by atoms with Crippen molar-refractivity contribution in [1.29, 1.82) is 0 Å². The van der Waals surface area contributed by atoms with Gasteiger partial charge in [-0.15, -0.1) is 0 Å². The van der Waals surface area contributed by atoms with Crippen molar-refractivity contribution in [3.8, 4) is 0 Å². The Hall–Kier alpha value is -1.99. The Kier molecular flexibility index (Phi) is 6.34. The lowest BCUT2D eigenvalue weighted by Gasteiger charge is -2.41. The molecular weight excluding hydrogens is 407 g/mol. The molecule has 2 atom stereocenters. The fourth-order valence-corrected chi connectivity index (χ4v) is 5.60. The Morgan fingerprint density at radius 2 is 1.81 bits per heavy atom. The maximum absolute atomic E-state index is 13.2. The summed E-state index contributed by atoms with van der Waals surface area (Å²) in [6.07, 6.45) is 2.62. The molecule has 3 aliphatic heterocycles. The molecule has 6 nitrogen and oxygen atoms in total. The smallest absolute Gasteiger partial charge is 0.243 e. The third-order valence-corrected chi connectivity index (χ3v) is 7.26. The lowest BCUT2D eigenvalue weighted by Crippen LogP contribution is -2.56. The summed E-state index contributed by atoms with van der Waals surface area (Å²) in [6.45, 7) is 10.6. The van der Waals surface area contributed by atoms with Gasteiger partial charge in [0.05, 0.1) is 12.0 Å². The second kappa shape index (κ2) is 8.75. The zero-order valence-electron chi connectivity index (χ0n) is 19.9. The molecular formula is C25H37FN4O2. The van der Waals surface area contributed by atoms with E-state index >= 15 is 0 Å². The standard InChI is InChI=1S/C25H37FN4O2/c1-24(2,3)17-28(4)20-13-21-23(32)27-25(14-22(31)30(21)16-20)9-11-29(12-10-25)15-18-5-7-19(26)8-6-18/h5-8,20-21H,9-17H2,1-4H3,(H,27,32)/t20-,21-/m0/s1. The molecule has 32 heavy (non-hydrogen) atoms. The van der Waals surface area contributed by atoms with Crippen molar-refractivity contribution in [2.75, 3.05) is 33.2 Å². The summed E-state index contributed by atoms with van der Waals surface area (Å²) in [5.41, 5.74) is 0.812. The molecule has 2 amide bonds. The van der Waals surface area contributed by atoms with E-state index in [9.17, 15) is 14.0 Å². The van der Waals surface area contributed by atoms with Crippen LogP contribution < -0.4 is 5.32 Å². The van der Waals surface area contributed by atoms with Gasteiger partial charge in [0.2, 0.25) is 11.8 Å². The molecule has 0 aliphatic carbocycles. The van der Waals surface area contributed by atoms with Gasteiger partial charge in [-0.25, -0.2) is 4.39 Å². The van der Waals surface area contributed by atoms with Crippen LogP contribution in [0.4, 0.5) is 4.39 Å². The van der Waals surface area contributed by atoms with Crippen molar-refractivity contribution in [2.24, 2.45) is 5.41 Å². The normalized spacial score (nSPS) is 26.4. The maximum Gasteiger partial charge on any atom is 0.243 e. The third kappa shape index (κ3) is 5.15. The van der Waals surface area contributed by atoms with Crippen LogP contribution in [0.5, 0.6) is 0 Å². The van der Waals surface area contributed by atoms with Crippen molar-refractivity contribution in [2.45, 2.75) is 70.6 Å². The Bertz CT molecular complexity index is 814. The third-order valence-electron chi connectivity index (χ3n) is 7.26. The van der Waals surface area contributed by atoms with E-state index in [1.165, 1.54) is 12.1 Å². The monoisotopic (exact) mass is 444 g/mol. The Balaban J connectivity index is 1.37. The minimum atomic E-state index is -0.440. The van der Waals surface area contributed by atoms with Gasteiger partial charge in [-0.2, -0.15) is 0 Å². The van der Waals surface area contributed by atoms with E-state index in [0.717, 1.165) is 44.6 Å². The molecule has 1 aromatic rings. The van der Waals surface area contributed by atoms with E-state index < -0.39 is 5.54 Å². The number of fused-ring (bicyclic) bond motifs is 1. The number of carbonyl (C=O) groups is 2. The lowest BCUT2D eigenvalue weighted by atomic mass is 9.84. The molecule has 0 saturated carbocycles. The van der Waals surface area contributed by atoms with E-state index in [1.807, 2.05) is 17.0 Å². The predicted molar refractivity (Wildman–Crippen MR) is 122 cm³/mol. The van der Waals surface area contributed by atoms with Gasteiger partial charge >= 0.3 is 0 Å². The number of halogens is 1. The SMILES string of the molecule is CN(CC(C)(C)C)[C@H]1C[C@H]2C(=O)NC3(CCN(Cc4ccc(F)cc4)CC3)CC(=O)N2C1. The van der Waals surface area contributed by atoms with Gasteiger partial charge < -0.3 is 15.1 Å². The van der Waals surface area contributed by atoms with Crippen LogP contribution in [0.2, 0.25) is 0 Å². The molecule has 3 heterocycles. The van der Waals surface area contributed by atoms with Crippen LogP contribution in [0.15, 0.2) is 24.3 Å². The lowest BCUT2D eigenvalue weighted by molar-refractivity contribution is -0.135. The zero-order valence-corrected chi connectivity index (χ0v) is 19.9. The van der Waals surface area contributed by atoms with E-state index in [2.05, 4.69) is 42.9 Å². The number of likely N-dealkylation sites (tertiary alicyclic amines) is 1. The number of rotatable bonds is 4. The van der Waals surface area contributed by atoms with Crippen molar-refractivity contribution in [3.05, 3.63) is 35.6 Å². The molecule has 3 saturated heterocycles. The van der Waals surface area contributed by atoms with Crippen molar-refractivity contribution in [3.63, 3.8) is 0 Å². The van der Waals surface area contributed by atoms with Crippen molar-refractivity contribution in [1.82, 2.24) is 20.0 Å². The first kappa shape index (κ1) is 23.2. The highest BCUT2D eigenvalue weighted by Gasteiger charge is 2.49. The maximum atomic E-state index is 13.2. The highest BCUT2D eigenvalue weighted by Crippen LogP contribution is 2.34. The first-order valence-corrected chi connectivity index (χ1v) is 11.8. The largest absolute Gasteiger partial charge is 0.348 e. The number of hydrogen-bond acceptors (Lipinski definition) is 4. The highest BCUT2D eigenvalue weighted by atomic mass is 19.1. The van der Waals surface area contributed by atoms with E-state index in [-0.39, 0.29) is 35.1 Å². The van der Waals surface area contributed by atoms with E-state index in [4.69, 9.17) is 0 Å². The molecule has 176 valence electrons. The minimum absolute atomic E-state index is 0.00879. The molecule has 1 spiro atoms. The summed E-state index contributed by atoms with van der Waals surface area (Å²) >= 11 is 0. The summed E-state index contributed by atoms with van der Waals surface area (Å²) in [6, 6.07) is 6.48. The average molecular weight is 445 g/mol. The Morgan fingerprint density at radius 1 is 1.16 bits per heavy atom. The molecule has 1 aromatic carbocycles. The summed E-state index contributed by atoms with van der Waals surface area (Å²) in [7, 11) is 2.10. The number of amides is 2. The Labute approximate surface area is 191 Å². The quantitative estimate of drug-likeness (QED) is 0.776. The number of carbonyl (C=O) groups excluding carboxylic acids is 2. The summed E-state index contributed by atoms with van der Waals surface area (Å²) < 4.78 is 13.2. The molecule has 1 N–H and O–H groups in total. The van der Waals surface area contributed by atoms with Gasteiger partial charge in [0.1, 0.15) is 11.9 Å². The number of hydrogen-bond donors (Lipinski definition) is 1. The van der Waals surface area contributed by atoms with Crippen LogP contribution in [0, 0.1) is 11.2 Å². The van der Waals surface area contributed by atoms with Crippen LogP contribution in [-0.2, 0) is 16.1 Å². The van der Waals surface area contributed by atoms with Crippen LogP contribution in [0.25, 0.3) is 0 Å². The number of benzene rings is 1. The fraction of sp³-hybridized carbons (Fsp3) is 0.680. The van der Waals surface area contributed by atoms with Crippen LogP contribution in [0.1, 0.15) is 52.0 Å². The van der Waals surface area contributed by atoms with Gasteiger partial charge in [-0.3, -0.25) is 14.5 Å². The van der Waals surface area contributed by atoms with E-state index in [1.54, 1.807) is 0 Å². The number of likely N-dealkylation sites (N-methyl/N-ethyl adjacent to an activating group) is 1. The summed E-state index contributed by atoms with van der Waals surface area (Å²) in [5, 5.41) is 3.30. The molecule has 4 rings (SSSR count). The number of piperidine rings is 1. The topological polar surface area (TPSA) is 55.9 Å². The second-order valence-electron chi connectivity index (χ2n) is 11.3. The molecule has 3 aliphatic rings. The molecule has 3 fully saturated rings. The van der Waals surface area contributed by atoms with Crippen molar-refractivity contribution >= 4 is 11.8 Å². The highest BCUT2D eigenvalue weighted by molar-refractivity contribution is 5.92. The number of nitrogens with zero attached hydrogens (tertiary/aromatic N) is 3. The van der Waals surface area contributed by atoms with Gasteiger partial charge in [0, 0.05) is 38.8 Å². The van der Waals surface area contributed by atoms with Crippen LogP contribution in [-0.4, -0.2) is 77.4 Å². The first-order chi connectivity index (χ1) is 15.0. The minimum Gasteiger partial charge on any atom is -0.348 e. The summed E-state index contributed by atoms with van der Waals surface area (Å²) in [5.74, 6) is -0.111. The fourth-order valence-electron chi connectivity index (χ4n) is 5.60. The average Bonchev–Trinajstić information content (AvgIpc) is 3.13. The Morgan fingerprint density at radius 3 is 2.44 bits per heavy atom. The van der Waals surface area contributed by atoms with Crippen molar-refractivity contribution < 1.29 is 14.0 Å². The van der Waals surface area contributed by atoms with Gasteiger partial charge in [-0.05, 0) is 49.4 Å². The summed E-state index contributed by atoms with van der Waals surface area (Å²) in [4.78, 5) is 32.9. The second-order valence-corrected chi connectivity index (χ2v) is 11.3. The molecule has 0 unspecified atom stereocenters. The van der Waals surface area contributed by atoms with Crippen LogP contribution in [0.3, 0.4) is 0 Å². The molecule has 7 heteroatoms. The van der Waals surface area contributed by atoms with Gasteiger partial charge in [0.15, 0.2) is 0 Å². The molecule has 0 radical (unpaired) electrons. The van der Waals surface area contributed by atoms with Crippen LogP contribution >= 0.6 is 0 Å². The van der Waals surface area contributed by atoms with Gasteiger partial charge in [-0.1, -0.05) is 32.9 Å². The molecule has 0 aromatic heterocycles. The first-order valence-electron chi connectivity index (χ1n) is 11.8. The molecule has 0 bridgehead atoms. The predicted octanol–water partition coefficient (Wildman–Crippen LogP) is 2.63.